The summed E-state index contributed by atoms with van der Waals surface area (Å²) >= 11 is 0. The van der Waals surface area contributed by atoms with Gasteiger partial charge in [-0.1, -0.05) is 60.7 Å². The molecule has 0 saturated carbocycles. The number of benzene rings is 2. The molecule has 136 valence electrons. The van der Waals surface area contributed by atoms with Crippen molar-refractivity contribution in [2.45, 2.75) is 12.2 Å². The maximum absolute atomic E-state index is 6.13. The summed E-state index contributed by atoms with van der Waals surface area (Å²) < 4.78 is 12.3. The Morgan fingerprint density at radius 2 is 1.00 bits per heavy atom. The lowest BCUT2D eigenvalue weighted by Crippen LogP contribution is -2.68. The van der Waals surface area contributed by atoms with Gasteiger partial charge in [-0.3, -0.25) is 0 Å². The predicted molar refractivity (Wildman–Crippen MR) is 97.1 cm³/mol. The van der Waals surface area contributed by atoms with Crippen molar-refractivity contribution in [3.8, 4) is 0 Å². The van der Waals surface area contributed by atoms with Crippen molar-refractivity contribution in [1.29, 1.82) is 0 Å². The summed E-state index contributed by atoms with van der Waals surface area (Å²) in [5.41, 5.74) is 2.49. The fraction of sp³-hybridized carbons (Fsp3) is 0.400. The third-order valence-electron chi connectivity index (χ3n) is 5.40. The van der Waals surface area contributed by atoms with Gasteiger partial charge in [0.05, 0.1) is 25.5 Å². The molecule has 0 aromatic heterocycles. The Bertz CT molecular complexity index is 666. The van der Waals surface area contributed by atoms with Crippen molar-refractivity contribution in [2.24, 2.45) is 0 Å². The molecule has 0 aliphatic carbocycles. The zero-order chi connectivity index (χ0) is 17.3. The van der Waals surface area contributed by atoms with E-state index < -0.39 is 0 Å². The van der Waals surface area contributed by atoms with Gasteiger partial charge in [0.25, 0.3) is 0 Å². The second kappa shape index (κ2) is 7.08. The molecule has 0 amide bonds. The van der Waals surface area contributed by atoms with E-state index in [-0.39, 0.29) is 12.2 Å². The van der Waals surface area contributed by atoms with Gasteiger partial charge in [-0.15, -0.1) is 0 Å². The summed E-state index contributed by atoms with van der Waals surface area (Å²) in [5.74, 6) is 0. The van der Waals surface area contributed by atoms with Crippen LogP contribution >= 0.6 is 0 Å². The third-order valence-corrected chi connectivity index (χ3v) is 5.40. The number of hydrogen-bond acceptors (Lipinski definition) is 6. The Kier molecular flexibility index (Phi) is 4.46. The van der Waals surface area contributed by atoms with Gasteiger partial charge in [-0.25, -0.2) is 10.0 Å². The van der Waals surface area contributed by atoms with Gasteiger partial charge in [0.15, 0.2) is 0 Å². The molecule has 0 N–H and O–H groups in total. The van der Waals surface area contributed by atoms with E-state index in [1.54, 1.807) is 0 Å². The molecular formula is C20H24N4O2. The lowest BCUT2D eigenvalue weighted by atomic mass is 10.1. The standard InChI is InChI=1S/C20H24N4O2/c1-3-7-17(8-4-1)19-11-21-13-24-16-26-20(18-9-5-2-6-10-18)12-22(24)14-23(21)15-25-19/h1-10,19-20H,11-16H2. The highest BCUT2D eigenvalue weighted by molar-refractivity contribution is 5.19. The average Bonchev–Trinajstić information content (AvgIpc) is 2.73. The summed E-state index contributed by atoms with van der Waals surface area (Å²) in [4.78, 5) is 0. The summed E-state index contributed by atoms with van der Waals surface area (Å²) in [6.07, 6.45) is 0.253. The van der Waals surface area contributed by atoms with Crippen molar-refractivity contribution in [3.63, 3.8) is 0 Å². The molecule has 5 rings (SSSR count). The number of fused-ring (bicyclic) bond motifs is 2. The Morgan fingerprint density at radius 1 is 0.577 bits per heavy atom. The zero-order valence-corrected chi connectivity index (χ0v) is 14.8. The van der Waals surface area contributed by atoms with Crippen LogP contribution in [0, 0.1) is 0 Å². The van der Waals surface area contributed by atoms with Gasteiger partial charge < -0.3 is 9.47 Å². The number of hydrogen-bond donors (Lipinski definition) is 0. The maximum atomic E-state index is 6.13. The highest BCUT2D eigenvalue weighted by atomic mass is 16.5. The number of hydrazine groups is 2. The van der Waals surface area contributed by atoms with Gasteiger partial charge in [-0.05, 0) is 11.1 Å². The lowest BCUT2D eigenvalue weighted by Gasteiger charge is -2.54. The molecule has 2 unspecified atom stereocenters. The van der Waals surface area contributed by atoms with E-state index in [0.29, 0.717) is 13.5 Å². The van der Waals surface area contributed by atoms with Crippen molar-refractivity contribution < 1.29 is 9.47 Å². The van der Waals surface area contributed by atoms with Crippen LogP contribution in [0.4, 0.5) is 0 Å². The van der Waals surface area contributed by atoms with E-state index in [1.165, 1.54) is 11.1 Å². The first-order chi connectivity index (χ1) is 12.9. The van der Waals surface area contributed by atoms with Crippen LogP contribution in [0.5, 0.6) is 0 Å². The summed E-state index contributed by atoms with van der Waals surface area (Å²) in [5, 5.41) is 9.35. The van der Waals surface area contributed by atoms with Crippen LogP contribution in [0.25, 0.3) is 0 Å². The van der Waals surface area contributed by atoms with E-state index in [9.17, 15) is 0 Å². The molecule has 2 aromatic carbocycles. The lowest BCUT2D eigenvalue weighted by molar-refractivity contribution is -0.325. The molecule has 0 radical (unpaired) electrons. The molecule has 2 aromatic rings. The zero-order valence-electron chi connectivity index (χ0n) is 14.8. The normalized spacial score (nSPS) is 28.5. The smallest absolute Gasteiger partial charge is 0.114 e. The second-order valence-corrected chi connectivity index (χ2v) is 7.06. The third kappa shape index (κ3) is 3.16. The molecule has 6 nitrogen and oxygen atoms in total. The Hall–Kier alpha value is -1.80. The SMILES string of the molecule is c1ccc(C2CN3CN4COC(c5ccccc5)CN4CN3CO2)cc1. The van der Waals surface area contributed by atoms with Crippen LogP contribution in [0.15, 0.2) is 60.7 Å². The van der Waals surface area contributed by atoms with Gasteiger partial charge in [0, 0.05) is 13.1 Å². The van der Waals surface area contributed by atoms with Crippen molar-refractivity contribution >= 4 is 0 Å². The van der Waals surface area contributed by atoms with Crippen LogP contribution in [0.1, 0.15) is 23.3 Å². The predicted octanol–water partition coefficient (Wildman–Crippen LogP) is 2.41. The van der Waals surface area contributed by atoms with E-state index in [0.717, 1.165) is 26.4 Å². The quantitative estimate of drug-likeness (QED) is 0.825. The average molecular weight is 352 g/mol. The monoisotopic (exact) mass is 352 g/mol. The van der Waals surface area contributed by atoms with Crippen LogP contribution in [-0.2, 0) is 9.47 Å². The molecule has 0 spiro atoms. The summed E-state index contributed by atoms with van der Waals surface area (Å²) in [7, 11) is 0. The van der Waals surface area contributed by atoms with E-state index >= 15 is 0 Å². The number of ether oxygens (including phenoxy) is 2. The van der Waals surface area contributed by atoms with E-state index in [1.807, 2.05) is 12.1 Å². The van der Waals surface area contributed by atoms with Crippen LogP contribution in [0.2, 0.25) is 0 Å². The van der Waals surface area contributed by atoms with E-state index in [2.05, 4.69) is 68.6 Å². The minimum Gasteiger partial charge on any atom is -0.355 e. The molecular weight excluding hydrogens is 328 g/mol. The van der Waals surface area contributed by atoms with Crippen LogP contribution in [0.3, 0.4) is 0 Å². The molecule has 0 bridgehead atoms. The van der Waals surface area contributed by atoms with Crippen molar-refractivity contribution in [2.75, 3.05) is 39.9 Å². The fourth-order valence-corrected chi connectivity index (χ4v) is 3.90. The van der Waals surface area contributed by atoms with Gasteiger partial charge in [-0.2, -0.15) is 10.0 Å². The first kappa shape index (κ1) is 16.4. The first-order valence-electron chi connectivity index (χ1n) is 9.19. The molecule has 26 heavy (non-hydrogen) atoms. The molecule has 3 aliphatic heterocycles. The first-order valence-corrected chi connectivity index (χ1v) is 9.19. The van der Waals surface area contributed by atoms with Gasteiger partial charge >= 0.3 is 0 Å². The van der Waals surface area contributed by atoms with Crippen molar-refractivity contribution in [3.05, 3.63) is 71.8 Å². The van der Waals surface area contributed by atoms with Crippen molar-refractivity contribution in [1.82, 2.24) is 20.0 Å². The Balaban J connectivity index is 1.25. The minimum atomic E-state index is 0.127. The molecule has 3 saturated heterocycles. The Morgan fingerprint density at radius 3 is 1.42 bits per heavy atom. The second-order valence-electron chi connectivity index (χ2n) is 7.06. The number of rotatable bonds is 2. The fourth-order valence-electron chi connectivity index (χ4n) is 3.90. The highest BCUT2D eigenvalue weighted by Crippen LogP contribution is 2.30. The molecule has 3 heterocycles. The van der Waals surface area contributed by atoms with Gasteiger partial charge in [0.2, 0.25) is 0 Å². The molecule has 3 aliphatic rings. The van der Waals surface area contributed by atoms with Crippen LogP contribution in [-0.4, -0.2) is 59.9 Å². The summed E-state index contributed by atoms with van der Waals surface area (Å²) in [6.45, 7) is 4.68. The summed E-state index contributed by atoms with van der Waals surface area (Å²) in [6, 6.07) is 21.0. The molecule has 3 fully saturated rings. The minimum absolute atomic E-state index is 0.127. The van der Waals surface area contributed by atoms with E-state index in [4.69, 9.17) is 9.47 Å². The Labute approximate surface area is 154 Å². The highest BCUT2D eigenvalue weighted by Gasteiger charge is 2.39. The molecule has 6 heteroatoms. The topological polar surface area (TPSA) is 31.4 Å². The number of nitrogens with zero attached hydrogens (tertiary/aromatic N) is 4. The maximum Gasteiger partial charge on any atom is 0.114 e. The van der Waals surface area contributed by atoms with Gasteiger partial charge in [0.1, 0.15) is 13.5 Å². The molecule has 2 atom stereocenters. The van der Waals surface area contributed by atoms with Crippen LogP contribution < -0.4 is 0 Å². The largest absolute Gasteiger partial charge is 0.355 e.